The number of unbranched alkanes of at least 4 members (excludes halogenated alkanes) is 1. The topological polar surface area (TPSA) is 30.3 Å². The second-order valence-electron chi connectivity index (χ2n) is 5.39. The second-order valence-corrected chi connectivity index (χ2v) is 5.39. The number of hydrogen-bond donors (Lipinski definition) is 0. The minimum absolute atomic E-state index is 0.265. The van der Waals surface area contributed by atoms with E-state index in [9.17, 15) is 13.2 Å². The van der Waals surface area contributed by atoms with Gasteiger partial charge in [0.15, 0.2) is 0 Å². The third kappa shape index (κ3) is 4.83. The van der Waals surface area contributed by atoms with E-state index in [4.69, 9.17) is 5.26 Å². The summed E-state index contributed by atoms with van der Waals surface area (Å²) in [6, 6.07) is 2.09. The van der Waals surface area contributed by atoms with Crippen LogP contribution in [0.2, 0.25) is 0 Å². The first-order valence-corrected chi connectivity index (χ1v) is 6.16. The van der Waals surface area contributed by atoms with Gasteiger partial charge in [-0.15, -0.1) is 0 Å². The molecule has 18 heavy (non-hydrogen) atoms. The van der Waals surface area contributed by atoms with Crippen molar-refractivity contribution >= 4 is 0 Å². The molecule has 0 aromatic carbocycles. The first kappa shape index (κ1) is 15.3. The van der Waals surface area contributed by atoms with Crippen LogP contribution >= 0.6 is 0 Å². The van der Waals surface area contributed by atoms with Gasteiger partial charge in [0.1, 0.15) is 0 Å². The Kier molecular flexibility index (Phi) is 5.00. The van der Waals surface area contributed by atoms with Crippen molar-refractivity contribution in [3.8, 4) is 6.07 Å². The van der Waals surface area contributed by atoms with Gasteiger partial charge in [0, 0.05) is 31.6 Å². The molecule has 1 fully saturated rings. The van der Waals surface area contributed by atoms with E-state index < -0.39 is 12.7 Å². The molecule has 1 aliphatic rings. The predicted molar refractivity (Wildman–Crippen MR) is 63.0 cm³/mol. The Morgan fingerprint density at radius 1 is 1.28 bits per heavy atom. The molecule has 0 aromatic rings. The van der Waals surface area contributed by atoms with Crippen LogP contribution < -0.4 is 0 Å². The molecule has 0 spiro atoms. The minimum Gasteiger partial charge on any atom is -0.296 e. The van der Waals surface area contributed by atoms with Crippen molar-refractivity contribution in [2.24, 2.45) is 0 Å². The van der Waals surface area contributed by atoms with E-state index in [1.165, 1.54) is 4.90 Å². The summed E-state index contributed by atoms with van der Waals surface area (Å²) in [4.78, 5) is 3.64. The highest BCUT2D eigenvalue weighted by Gasteiger charge is 2.38. The third-order valence-corrected chi connectivity index (χ3v) is 3.27. The molecule has 0 radical (unpaired) electrons. The summed E-state index contributed by atoms with van der Waals surface area (Å²) < 4.78 is 37.0. The van der Waals surface area contributed by atoms with Crippen molar-refractivity contribution in [3.63, 3.8) is 0 Å². The number of halogens is 3. The van der Waals surface area contributed by atoms with E-state index in [0.29, 0.717) is 26.1 Å². The van der Waals surface area contributed by atoms with Crippen LogP contribution in [0.25, 0.3) is 0 Å². The van der Waals surface area contributed by atoms with Gasteiger partial charge in [-0.25, -0.2) is 0 Å². The molecule has 1 saturated heterocycles. The summed E-state index contributed by atoms with van der Waals surface area (Å²) in [5.41, 5.74) is -0.265. The van der Waals surface area contributed by atoms with Crippen molar-refractivity contribution < 1.29 is 13.2 Å². The summed E-state index contributed by atoms with van der Waals surface area (Å²) in [6.07, 6.45) is -2.85. The van der Waals surface area contributed by atoms with Crippen LogP contribution in [0, 0.1) is 11.3 Å². The summed E-state index contributed by atoms with van der Waals surface area (Å²) in [7, 11) is 0. The first-order valence-electron chi connectivity index (χ1n) is 6.16. The molecular weight excluding hydrogens is 243 g/mol. The van der Waals surface area contributed by atoms with Gasteiger partial charge in [0.2, 0.25) is 0 Å². The van der Waals surface area contributed by atoms with Gasteiger partial charge in [0.25, 0.3) is 0 Å². The lowest BCUT2D eigenvalue weighted by Gasteiger charge is -2.47. The maximum atomic E-state index is 12.3. The molecule has 1 aliphatic heterocycles. The molecule has 104 valence electrons. The Balaban J connectivity index is 2.48. The number of nitriles is 1. The SMILES string of the molecule is CC1(C)CN(CC(F)(F)F)CCN1CCCC#N. The van der Waals surface area contributed by atoms with Crippen molar-refractivity contribution in [3.05, 3.63) is 0 Å². The monoisotopic (exact) mass is 263 g/mol. The normalized spacial score (nSPS) is 21.8. The number of rotatable bonds is 4. The van der Waals surface area contributed by atoms with Crippen molar-refractivity contribution in [2.45, 2.75) is 38.4 Å². The average Bonchev–Trinajstić information content (AvgIpc) is 2.18. The van der Waals surface area contributed by atoms with E-state index in [1.807, 2.05) is 13.8 Å². The maximum absolute atomic E-state index is 12.3. The molecule has 1 rings (SSSR count). The Bertz CT molecular complexity index is 307. The van der Waals surface area contributed by atoms with Gasteiger partial charge in [-0.3, -0.25) is 9.80 Å². The van der Waals surface area contributed by atoms with Crippen molar-refractivity contribution in [1.82, 2.24) is 9.80 Å². The van der Waals surface area contributed by atoms with E-state index >= 15 is 0 Å². The molecule has 3 nitrogen and oxygen atoms in total. The van der Waals surface area contributed by atoms with Crippen LogP contribution in [-0.2, 0) is 0 Å². The fraction of sp³-hybridized carbons (Fsp3) is 0.917. The lowest BCUT2D eigenvalue weighted by Crippen LogP contribution is -2.60. The quantitative estimate of drug-likeness (QED) is 0.729. The molecule has 0 unspecified atom stereocenters. The molecule has 0 aromatic heterocycles. The predicted octanol–water partition coefficient (Wildman–Crippen LogP) is 2.25. The zero-order chi connectivity index (χ0) is 13.8. The number of piperazine rings is 1. The molecule has 1 heterocycles. The van der Waals surface area contributed by atoms with Crippen LogP contribution in [0.15, 0.2) is 0 Å². The Labute approximate surface area is 106 Å². The van der Waals surface area contributed by atoms with Crippen LogP contribution in [-0.4, -0.2) is 54.2 Å². The summed E-state index contributed by atoms with van der Waals surface area (Å²) in [5.74, 6) is 0. The number of alkyl halides is 3. The molecule has 0 bridgehead atoms. The highest BCUT2D eigenvalue weighted by Crippen LogP contribution is 2.24. The molecule has 0 N–H and O–H groups in total. The average molecular weight is 263 g/mol. The van der Waals surface area contributed by atoms with Crippen LogP contribution in [0.3, 0.4) is 0 Å². The number of hydrogen-bond acceptors (Lipinski definition) is 3. The van der Waals surface area contributed by atoms with Gasteiger partial charge in [-0.2, -0.15) is 18.4 Å². The maximum Gasteiger partial charge on any atom is 0.401 e. The van der Waals surface area contributed by atoms with Crippen LogP contribution in [0.1, 0.15) is 26.7 Å². The fourth-order valence-corrected chi connectivity index (χ4v) is 2.44. The van der Waals surface area contributed by atoms with E-state index in [-0.39, 0.29) is 5.54 Å². The smallest absolute Gasteiger partial charge is 0.296 e. The Morgan fingerprint density at radius 2 is 1.94 bits per heavy atom. The van der Waals surface area contributed by atoms with E-state index in [1.54, 1.807) is 0 Å². The van der Waals surface area contributed by atoms with Gasteiger partial charge in [-0.05, 0) is 26.8 Å². The van der Waals surface area contributed by atoms with Gasteiger partial charge in [0.05, 0.1) is 12.6 Å². The molecule has 6 heteroatoms. The first-order chi connectivity index (χ1) is 8.24. The standard InChI is InChI=1S/C12H20F3N3/c1-11(2)9-17(10-12(13,14)15)7-8-18(11)6-4-3-5-16/h3-4,6-10H2,1-2H3. The fourth-order valence-electron chi connectivity index (χ4n) is 2.44. The third-order valence-electron chi connectivity index (χ3n) is 3.27. The van der Waals surface area contributed by atoms with Crippen molar-refractivity contribution in [2.75, 3.05) is 32.7 Å². The van der Waals surface area contributed by atoms with Gasteiger partial charge < -0.3 is 0 Å². The van der Waals surface area contributed by atoms with E-state index in [2.05, 4.69) is 11.0 Å². The zero-order valence-corrected chi connectivity index (χ0v) is 10.9. The van der Waals surface area contributed by atoms with Crippen molar-refractivity contribution in [1.29, 1.82) is 5.26 Å². The molecular formula is C12H20F3N3. The van der Waals surface area contributed by atoms with Gasteiger partial charge in [-0.1, -0.05) is 0 Å². The molecule has 0 aliphatic carbocycles. The highest BCUT2D eigenvalue weighted by atomic mass is 19.4. The zero-order valence-electron chi connectivity index (χ0n) is 10.9. The van der Waals surface area contributed by atoms with Crippen LogP contribution in [0.5, 0.6) is 0 Å². The Morgan fingerprint density at radius 3 is 2.44 bits per heavy atom. The van der Waals surface area contributed by atoms with E-state index in [0.717, 1.165) is 13.0 Å². The summed E-state index contributed by atoms with van der Waals surface area (Å²) in [5, 5.41) is 8.49. The van der Waals surface area contributed by atoms with Crippen LogP contribution in [0.4, 0.5) is 13.2 Å². The molecule has 0 amide bonds. The number of nitrogens with zero attached hydrogens (tertiary/aromatic N) is 3. The molecule has 0 atom stereocenters. The minimum atomic E-state index is -4.13. The summed E-state index contributed by atoms with van der Waals surface area (Å²) >= 11 is 0. The summed E-state index contributed by atoms with van der Waals surface area (Å²) in [6.45, 7) is 5.36. The molecule has 0 saturated carbocycles. The lowest BCUT2D eigenvalue weighted by atomic mass is 9.98. The second kappa shape index (κ2) is 5.89. The van der Waals surface area contributed by atoms with Gasteiger partial charge >= 0.3 is 6.18 Å². The Hall–Kier alpha value is -0.800. The lowest BCUT2D eigenvalue weighted by molar-refractivity contribution is -0.155. The highest BCUT2D eigenvalue weighted by molar-refractivity contribution is 4.91. The largest absolute Gasteiger partial charge is 0.401 e.